The van der Waals surface area contributed by atoms with Crippen molar-refractivity contribution in [1.82, 2.24) is 5.32 Å². The number of carbonyl (C=O) groups is 1. The molecule has 3 rings (SSSR count). The van der Waals surface area contributed by atoms with Crippen molar-refractivity contribution in [3.63, 3.8) is 0 Å². The number of fused-ring (bicyclic) bond motifs is 1. The molecule has 1 N–H and O–H groups in total. The molecule has 2 atom stereocenters. The lowest BCUT2D eigenvalue weighted by Crippen LogP contribution is -2.32. The summed E-state index contributed by atoms with van der Waals surface area (Å²) in [5, 5.41) is 2.79. The molecule has 2 aromatic rings. The van der Waals surface area contributed by atoms with Gasteiger partial charge in [-0.15, -0.1) is 11.8 Å². The molecular formula is C18H19NO2S2. The van der Waals surface area contributed by atoms with Crippen molar-refractivity contribution in [2.75, 3.05) is 18.1 Å². The van der Waals surface area contributed by atoms with Crippen molar-refractivity contribution in [2.45, 2.75) is 16.6 Å². The van der Waals surface area contributed by atoms with Crippen molar-refractivity contribution < 1.29 is 9.00 Å². The lowest BCUT2D eigenvalue weighted by molar-refractivity contribution is -0.120. The number of carbonyl (C=O) groups excluding carboxylic acids is 1. The maximum atomic E-state index is 12.4. The third kappa shape index (κ3) is 4.03. The first-order valence-corrected chi connectivity index (χ1v) is 10.0. The predicted molar refractivity (Wildman–Crippen MR) is 96.1 cm³/mol. The number of nitrogens with one attached hydrogen (secondary N) is 1. The third-order valence-corrected chi connectivity index (χ3v) is 6.44. The molecule has 0 aromatic heterocycles. The van der Waals surface area contributed by atoms with Crippen LogP contribution >= 0.6 is 11.8 Å². The van der Waals surface area contributed by atoms with Gasteiger partial charge in [-0.2, -0.15) is 0 Å². The zero-order valence-corrected chi connectivity index (χ0v) is 14.4. The Morgan fingerprint density at radius 1 is 1.13 bits per heavy atom. The van der Waals surface area contributed by atoms with Gasteiger partial charge in [0.2, 0.25) is 5.91 Å². The topological polar surface area (TPSA) is 46.2 Å². The number of thioether (sulfide) groups is 1. The minimum absolute atomic E-state index is 0.0206. The molecule has 3 nitrogen and oxygen atoms in total. The first-order chi connectivity index (χ1) is 11.3. The molecule has 0 spiro atoms. The molecule has 1 heterocycles. The average Bonchev–Trinajstić information content (AvgIpc) is 2.61. The SMILES string of the molecule is O=C(NCC[S@](=O)c1ccccc1)[C@H]1SCCc2ccccc21. The molecule has 1 amide bonds. The van der Waals surface area contributed by atoms with Gasteiger partial charge < -0.3 is 5.32 Å². The highest BCUT2D eigenvalue weighted by Crippen LogP contribution is 2.36. The van der Waals surface area contributed by atoms with Crippen LogP contribution in [-0.4, -0.2) is 28.2 Å². The molecule has 0 radical (unpaired) electrons. The number of benzene rings is 2. The highest BCUT2D eigenvalue weighted by molar-refractivity contribution is 8.00. The molecule has 2 aromatic carbocycles. The minimum Gasteiger partial charge on any atom is -0.354 e. The van der Waals surface area contributed by atoms with Crippen molar-refractivity contribution in [1.29, 1.82) is 0 Å². The van der Waals surface area contributed by atoms with Crippen molar-refractivity contribution in [3.8, 4) is 0 Å². The Balaban J connectivity index is 1.55. The van der Waals surface area contributed by atoms with Crippen LogP contribution < -0.4 is 5.32 Å². The Kier molecular flexibility index (Phi) is 5.51. The smallest absolute Gasteiger partial charge is 0.237 e. The predicted octanol–water partition coefficient (Wildman–Crippen LogP) is 2.94. The standard InChI is InChI=1S/C18H19NO2S2/c20-18(17-16-9-5-4-6-14(16)10-12-22-17)19-11-13-23(21)15-7-2-1-3-8-15/h1-9,17H,10-13H2,(H,19,20)/t17-,23-/m0/s1. The normalized spacial score (nSPS) is 18.0. The highest BCUT2D eigenvalue weighted by atomic mass is 32.2. The maximum Gasteiger partial charge on any atom is 0.237 e. The fraction of sp³-hybridized carbons (Fsp3) is 0.278. The maximum absolute atomic E-state index is 12.4. The van der Waals surface area contributed by atoms with E-state index in [-0.39, 0.29) is 11.2 Å². The third-order valence-electron chi connectivity index (χ3n) is 3.82. The van der Waals surface area contributed by atoms with Gasteiger partial charge in [-0.05, 0) is 35.4 Å². The number of hydrogen-bond donors (Lipinski definition) is 1. The summed E-state index contributed by atoms with van der Waals surface area (Å²) < 4.78 is 12.2. The molecule has 1 aliphatic rings. The Bertz CT molecular complexity index is 703. The molecule has 0 saturated heterocycles. The van der Waals surface area contributed by atoms with Crippen LogP contribution in [0.1, 0.15) is 16.4 Å². The summed E-state index contributed by atoms with van der Waals surface area (Å²) in [4.78, 5) is 13.3. The number of aryl methyl sites for hydroxylation is 1. The number of rotatable bonds is 5. The first-order valence-electron chi connectivity index (χ1n) is 7.66. The van der Waals surface area contributed by atoms with Gasteiger partial charge in [0.25, 0.3) is 0 Å². The quantitative estimate of drug-likeness (QED) is 0.906. The van der Waals surface area contributed by atoms with E-state index < -0.39 is 10.8 Å². The van der Waals surface area contributed by atoms with Crippen LogP contribution in [0.15, 0.2) is 59.5 Å². The molecule has 0 fully saturated rings. The summed E-state index contributed by atoms with van der Waals surface area (Å²) >= 11 is 1.68. The Morgan fingerprint density at radius 3 is 2.70 bits per heavy atom. The van der Waals surface area contributed by atoms with Gasteiger partial charge in [0.1, 0.15) is 5.25 Å². The summed E-state index contributed by atoms with van der Waals surface area (Å²) in [6.07, 6.45) is 1.02. The van der Waals surface area contributed by atoms with Gasteiger partial charge in [0.15, 0.2) is 0 Å². The van der Waals surface area contributed by atoms with Crippen LogP contribution in [0.25, 0.3) is 0 Å². The van der Waals surface area contributed by atoms with E-state index in [1.54, 1.807) is 11.8 Å². The summed E-state index contributed by atoms with van der Waals surface area (Å²) in [7, 11) is -1.07. The molecule has 0 saturated carbocycles. The average molecular weight is 345 g/mol. The summed E-state index contributed by atoms with van der Waals surface area (Å²) in [5.41, 5.74) is 2.38. The van der Waals surface area contributed by atoms with E-state index in [1.807, 2.05) is 48.5 Å². The summed E-state index contributed by atoms with van der Waals surface area (Å²) in [6, 6.07) is 17.5. The molecule has 120 valence electrons. The Hall–Kier alpha value is -1.59. The van der Waals surface area contributed by atoms with Crippen LogP contribution in [0.4, 0.5) is 0 Å². The van der Waals surface area contributed by atoms with E-state index in [1.165, 1.54) is 5.56 Å². The van der Waals surface area contributed by atoms with Gasteiger partial charge in [-0.1, -0.05) is 42.5 Å². The summed E-state index contributed by atoms with van der Waals surface area (Å²) in [5.74, 6) is 1.42. The molecule has 23 heavy (non-hydrogen) atoms. The molecule has 0 unspecified atom stereocenters. The monoisotopic (exact) mass is 345 g/mol. The van der Waals surface area contributed by atoms with Gasteiger partial charge in [-0.25, -0.2) is 0 Å². The van der Waals surface area contributed by atoms with Crippen molar-refractivity contribution in [3.05, 3.63) is 65.7 Å². The fourth-order valence-corrected chi connectivity index (χ4v) is 4.86. The second-order valence-electron chi connectivity index (χ2n) is 5.35. The van der Waals surface area contributed by atoms with Gasteiger partial charge >= 0.3 is 0 Å². The molecular weight excluding hydrogens is 326 g/mol. The van der Waals surface area contributed by atoms with Crippen LogP contribution in [0.3, 0.4) is 0 Å². The minimum atomic E-state index is -1.07. The number of amides is 1. The largest absolute Gasteiger partial charge is 0.354 e. The second kappa shape index (κ2) is 7.79. The molecule has 0 aliphatic carbocycles. The highest BCUT2D eigenvalue weighted by Gasteiger charge is 2.26. The molecule has 1 aliphatic heterocycles. The van der Waals surface area contributed by atoms with Crippen LogP contribution in [0.2, 0.25) is 0 Å². The Labute approximate surface area is 143 Å². The first kappa shape index (κ1) is 16.3. The van der Waals surface area contributed by atoms with E-state index in [9.17, 15) is 9.00 Å². The van der Waals surface area contributed by atoms with Crippen LogP contribution in [0, 0.1) is 0 Å². The number of hydrogen-bond acceptors (Lipinski definition) is 3. The zero-order valence-electron chi connectivity index (χ0n) is 12.7. The second-order valence-corrected chi connectivity index (χ2v) is 8.14. The van der Waals surface area contributed by atoms with Crippen LogP contribution in [0.5, 0.6) is 0 Å². The van der Waals surface area contributed by atoms with Gasteiger partial charge in [0, 0.05) is 17.2 Å². The lowest BCUT2D eigenvalue weighted by atomic mass is 10.0. The molecule has 5 heteroatoms. The summed E-state index contributed by atoms with van der Waals surface area (Å²) in [6.45, 7) is 0.430. The van der Waals surface area contributed by atoms with Gasteiger partial charge in [-0.3, -0.25) is 9.00 Å². The van der Waals surface area contributed by atoms with Crippen molar-refractivity contribution >= 4 is 28.5 Å². The van der Waals surface area contributed by atoms with E-state index >= 15 is 0 Å². The van der Waals surface area contributed by atoms with E-state index in [0.717, 1.165) is 22.6 Å². The van der Waals surface area contributed by atoms with E-state index in [0.29, 0.717) is 12.3 Å². The van der Waals surface area contributed by atoms with E-state index in [2.05, 4.69) is 11.4 Å². The lowest BCUT2D eigenvalue weighted by Gasteiger charge is -2.24. The van der Waals surface area contributed by atoms with Crippen molar-refractivity contribution in [2.24, 2.45) is 0 Å². The van der Waals surface area contributed by atoms with E-state index in [4.69, 9.17) is 0 Å². The molecule has 0 bridgehead atoms. The zero-order chi connectivity index (χ0) is 16.1. The van der Waals surface area contributed by atoms with Gasteiger partial charge in [0.05, 0.1) is 10.8 Å². The Morgan fingerprint density at radius 2 is 1.87 bits per heavy atom. The fourth-order valence-electron chi connectivity index (χ4n) is 2.66. The van der Waals surface area contributed by atoms with Crippen LogP contribution in [-0.2, 0) is 22.0 Å².